The van der Waals surface area contributed by atoms with E-state index in [2.05, 4.69) is 9.98 Å². The molecule has 25 heavy (non-hydrogen) atoms. The number of hydrogen-bond donors (Lipinski definition) is 2. The zero-order valence-corrected chi connectivity index (χ0v) is 13.0. The van der Waals surface area contributed by atoms with Crippen molar-refractivity contribution in [1.82, 2.24) is 0 Å². The van der Waals surface area contributed by atoms with Crippen LogP contribution in [0.2, 0.25) is 5.02 Å². The Morgan fingerprint density at radius 2 is 1.68 bits per heavy atom. The Kier molecular flexibility index (Phi) is 5.27. The summed E-state index contributed by atoms with van der Waals surface area (Å²) < 4.78 is 64.9. The third-order valence-corrected chi connectivity index (χ3v) is 3.27. The first-order valence-corrected chi connectivity index (χ1v) is 6.97. The van der Waals surface area contributed by atoms with E-state index in [-0.39, 0.29) is 16.3 Å². The number of alkyl halides is 3. The van der Waals surface area contributed by atoms with Gasteiger partial charge in [0.1, 0.15) is 17.5 Å². The highest BCUT2D eigenvalue weighted by atomic mass is 35.5. The van der Waals surface area contributed by atoms with Crippen molar-refractivity contribution in [3.05, 3.63) is 64.2 Å². The van der Waals surface area contributed by atoms with E-state index < -0.39 is 35.2 Å². The third kappa shape index (κ3) is 4.44. The molecule has 0 aliphatic heterocycles. The normalized spacial score (nSPS) is 13.2. The SMILES string of the molecule is NC(=Nc1ccc(F)c(C(F)(F)F)c1)N=C(N)c1c(F)cccc1Cl. The third-order valence-electron chi connectivity index (χ3n) is 2.95. The van der Waals surface area contributed by atoms with Crippen molar-refractivity contribution in [1.29, 1.82) is 0 Å². The molecular formula is C15H10ClF5N4. The van der Waals surface area contributed by atoms with Gasteiger partial charge in [-0.05, 0) is 30.3 Å². The van der Waals surface area contributed by atoms with Crippen LogP contribution in [-0.2, 0) is 6.18 Å². The first-order chi connectivity index (χ1) is 11.6. The molecule has 4 N–H and O–H groups in total. The van der Waals surface area contributed by atoms with Crippen LogP contribution < -0.4 is 11.5 Å². The number of benzene rings is 2. The molecule has 0 aliphatic rings. The average Bonchev–Trinajstić information content (AvgIpc) is 2.47. The minimum atomic E-state index is -4.90. The molecule has 0 saturated carbocycles. The molecule has 2 aromatic carbocycles. The van der Waals surface area contributed by atoms with Crippen LogP contribution in [0.15, 0.2) is 46.4 Å². The number of aliphatic imine (C=N–C) groups is 2. The smallest absolute Gasteiger partial charge is 0.383 e. The van der Waals surface area contributed by atoms with Gasteiger partial charge in [0, 0.05) is 0 Å². The summed E-state index contributed by atoms with van der Waals surface area (Å²) in [6.07, 6.45) is -4.90. The summed E-state index contributed by atoms with van der Waals surface area (Å²) in [4.78, 5) is 7.20. The Bertz CT molecular complexity index is 841. The number of nitrogens with zero attached hydrogens (tertiary/aromatic N) is 2. The molecule has 0 fully saturated rings. The lowest BCUT2D eigenvalue weighted by Gasteiger charge is -2.08. The molecule has 0 heterocycles. The van der Waals surface area contributed by atoms with Gasteiger partial charge in [0.2, 0.25) is 5.96 Å². The fourth-order valence-corrected chi connectivity index (χ4v) is 2.14. The molecule has 2 rings (SSSR count). The van der Waals surface area contributed by atoms with Crippen molar-refractivity contribution in [2.75, 3.05) is 0 Å². The number of halogens is 6. The molecule has 132 valence electrons. The van der Waals surface area contributed by atoms with Crippen LogP contribution in [0.25, 0.3) is 0 Å². The summed E-state index contributed by atoms with van der Waals surface area (Å²) >= 11 is 5.81. The van der Waals surface area contributed by atoms with Crippen molar-refractivity contribution in [2.45, 2.75) is 6.18 Å². The Morgan fingerprint density at radius 1 is 1.00 bits per heavy atom. The maximum absolute atomic E-state index is 13.7. The Labute approximate surface area is 143 Å². The second-order valence-corrected chi connectivity index (χ2v) is 5.13. The minimum Gasteiger partial charge on any atom is -0.383 e. The number of rotatable bonds is 2. The highest BCUT2D eigenvalue weighted by molar-refractivity contribution is 6.34. The van der Waals surface area contributed by atoms with Crippen molar-refractivity contribution in [3.8, 4) is 0 Å². The molecule has 4 nitrogen and oxygen atoms in total. The monoisotopic (exact) mass is 376 g/mol. The van der Waals surface area contributed by atoms with Gasteiger partial charge in [0.15, 0.2) is 0 Å². The number of hydrogen-bond acceptors (Lipinski definition) is 1. The zero-order valence-electron chi connectivity index (χ0n) is 12.3. The van der Waals surface area contributed by atoms with E-state index in [1.54, 1.807) is 0 Å². The van der Waals surface area contributed by atoms with Crippen molar-refractivity contribution < 1.29 is 22.0 Å². The Balaban J connectivity index is 2.39. The second-order valence-electron chi connectivity index (χ2n) is 4.73. The van der Waals surface area contributed by atoms with E-state index in [1.165, 1.54) is 12.1 Å². The molecule has 0 saturated heterocycles. The van der Waals surface area contributed by atoms with E-state index in [0.29, 0.717) is 12.1 Å². The largest absolute Gasteiger partial charge is 0.419 e. The van der Waals surface area contributed by atoms with E-state index in [9.17, 15) is 22.0 Å². The summed E-state index contributed by atoms with van der Waals surface area (Å²) in [5, 5.41) is -0.0322. The van der Waals surface area contributed by atoms with Gasteiger partial charge in [-0.2, -0.15) is 18.2 Å². The van der Waals surface area contributed by atoms with E-state index in [4.69, 9.17) is 23.1 Å². The van der Waals surface area contributed by atoms with Gasteiger partial charge in [-0.1, -0.05) is 17.7 Å². The summed E-state index contributed by atoms with van der Waals surface area (Å²) in [5.74, 6) is -3.19. The van der Waals surface area contributed by atoms with Gasteiger partial charge < -0.3 is 11.5 Å². The van der Waals surface area contributed by atoms with Crippen molar-refractivity contribution in [3.63, 3.8) is 0 Å². The first-order valence-electron chi connectivity index (χ1n) is 6.59. The molecule has 0 bridgehead atoms. The van der Waals surface area contributed by atoms with Crippen LogP contribution in [0.3, 0.4) is 0 Å². The van der Waals surface area contributed by atoms with Crippen LogP contribution in [0.4, 0.5) is 27.6 Å². The molecule has 0 atom stereocenters. The van der Waals surface area contributed by atoms with Gasteiger partial charge in [-0.25, -0.2) is 13.8 Å². The quantitative estimate of drug-likeness (QED) is 0.472. The molecule has 10 heteroatoms. The molecule has 0 amide bonds. The predicted octanol–water partition coefficient (Wildman–Crippen LogP) is 3.99. The summed E-state index contributed by atoms with van der Waals surface area (Å²) in [5.41, 5.74) is 9.05. The Morgan fingerprint density at radius 3 is 2.28 bits per heavy atom. The predicted molar refractivity (Wildman–Crippen MR) is 84.8 cm³/mol. The molecule has 0 aromatic heterocycles. The Hall–Kier alpha value is -2.68. The maximum Gasteiger partial charge on any atom is 0.419 e. The highest BCUT2D eigenvalue weighted by Crippen LogP contribution is 2.33. The van der Waals surface area contributed by atoms with Gasteiger partial charge in [-0.15, -0.1) is 0 Å². The molecule has 0 spiro atoms. The fourth-order valence-electron chi connectivity index (χ4n) is 1.88. The van der Waals surface area contributed by atoms with E-state index in [0.717, 1.165) is 12.1 Å². The molecule has 0 unspecified atom stereocenters. The maximum atomic E-state index is 13.7. The van der Waals surface area contributed by atoms with Crippen LogP contribution in [0, 0.1) is 11.6 Å². The highest BCUT2D eigenvalue weighted by Gasteiger charge is 2.34. The van der Waals surface area contributed by atoms with Crippen LogP contribution in [-0.4, -0.2) is 11.8 Å². The van der Waals surface area contributed by atoms with Crippen LogP contribution in [0.1, 0.15) is 11.1 Å². The van der Waals surface area contributed by atoms with Gasteiger partial charge >= 0.3 is 6.18 Å². The van der Waals surface area contributed by atoms with Gasteiger partial charge in [0.25, 0.3) is 0 Å². The molecule has 0 radical (unpaired) electrons. The topological polar surface area (TPSA) is 76.8 Å². The van der Waals surface area contributed by atoms with E-state index >= 15 is 0 Å². The van der Waals surface area contributed by atoms with Crippen molar-refractivity contribution in [2.24, 2.45) is 21.5 Å². The zero-order chi connectivity index (χ0) is 18.8. The summed E-state index contributed by atoms with van der Waals surface area (Å²) in [6, 6.07) is 5.83. The molecular weight excluding hydrogens is 367 g/mol. The average molecular weight is 377 g/mol. The van der Waals surface area contributed by atoms with Crippen LogP contribution >= 0.6 is 11.6 Å². The molecule has 2 aromatic rings. The summed E-state index contributed by atoms with van der Waals surface area (Å²) in [6.45, 7) is 0. The fraction of sp³-hybridized carbons (Fsp3) is 0.0667. The lowest BCUT2D eigenvalue weighted by atomic mass is 10.2. The summed E-state index contributed by atoms with van der Waals surface area (Å²) in [7, 11) is 0. The first kappa shape index (κ1) is 18.7. The lowest BCUT2D eigenvalue weighted by Crippen LogP contribution is -2.21. The van der Waals surface area contributed by atoms with E-state index in [1.807, 2.05) is 0 Å². The minimum absolute atomic E-state index is 0.0322. The van der Waals surface area contributed by atoms with Crippen molar-refractivity contribution >= 4 is 29.1 Å². The van der Waals surface area contributed by atoms with Gasteiger partial charge in [0.05, 0.1) is 21.8 Å². The number of guanidine groups is 1. The standard InChI is InChI=1S/C15H10ClF5N4/c16-9-2-1-3-11(18)12(9)13(22)25-14(23)24-7-4-5-10(17)8(6-7)15(19,20)21/h1-6H,(H4,22,23,24,25). The number of nitrogens with two attached hydrogens (primary N) is 2. The van der Waals surface area contributed by atoms with Crippen LogP contribution in [0.5, 0.6) is 0 Å². The van der Waals surface area contributed by atoms with Gasteiger partial charge in [-0.3, -0.25) is 0 Å². The second kappa shape index (κ2) is 7.06. The number of amidine groups is 1. The lowest BCUT2D eigenvalue weighted by molar-refractivity contribution is -0.139. The molecule has 0 aliphatic carbocycles.